The number of aromatic nitrogens is 2. The molecule has 6 heteroatoms. The molecule has 0 aliphatic heterocycles. The second kappa shape index (κ2) is 4.73. The smallest absolute Gasteiger partial charge is 0.272 e. The maximum Gasteiger partial charge on any atom is 0.272 e. The van der Waals surface area contributed by atoms with E-state index in [0.29, 0.717) is 16.5 Å². The van der Waals surface area contributed by atoms with Crippen LogP contribution < -0.4 is 16.4 Å². The molecule has 1 atom stereocenters. The Morgan fingerprint density at radius 3 is 2.70 bits per heavy atom. The summed E-state index contributed by atoms with van der Waals surface area (Å²) in [4.78, 5) is 23.7. The van der Waals surface area contributed by atoms with E-state index in [1.54, 1.807) is 30.7 Å². The van der Waals surface area contributed by atoms with Crippen molar-refractivity contribution in [1.82, 2.24) is 10.2 Å². The van der Waals surface area contributed by atoms with Crippen LogP contribution >= 0.6 is 0 Å². The Labute approximate surface area is 113 Å². The van der Waals surface area contributed by atoms with Crippen LogP contribution in [0, 0.1) is 0 Å². The zero-order chi connectivity index (χ0) is 14.1. The van der Waals surface area contributed by atoms with Crippen LogP contribution in [0.4, 0.5) is 5.69 Å². The summed E-state index contributed by atoms with van der Waals surface area (Å²) < 4.78 is 5.04. The van der Waals surface area contributed by atoms with Gasteiger partial charge in [0.1, 0.15) is 0 Å². The number of hydrogen-bond donors (Lipinski definition) is 3. The first-order chi connectivity index (χ1) is 9.66. The number of furan rings is 1. The summed E-state index contributed by atoms with van der Waals surface area (Å²) in [5.74, 6) is 0. The second-order valence-corrected chi connectivity index (χ2v) is 4.56. The normalized spacial score (nSPS) is 12.4. The Balaban J connectivity index is 2.11. The molecule has 3 aromatic rings. The van der Waals surface area contributed by atoms with E-state index >= 15 is 0 Å². The first kappa shape index (κ1) is 12.3. The van der Waals surface area contributed by atoms with Crippen molar-refractivity contribution < 1.29 is 4.42 Å². The Morgan fingerprint density at radius 1 is 1.15 bits per heavy atom. The zero-order valence-electron chi connectivity index (χ0n) is 10.8. The van der Waals surface area contributed by atoms with Crippen molar-refractivity contribution in [3.05, 3.63) is 63.1 Å². The van der Waals surface area contributed by atoms with Gasteiger partial charge in [-0.2, -0.15) is 0 Å². The predicted molar refractivity (Wildman–Crippen MR) is 75.9 cm³/mol. The van der Waals surface area contributed by atoms with E-state index in [1.165, 1.54) is 0 Å². The van der Waals surface area contributed by atoms with Crippen molar-refractivity contribution >= 4 is 16.5 Å². The van der Waals surface area contributed by atoms with Crippen LogP contribution in [0.2, 0.25) is 0 Å². The lowest BCUT2D eigenvalue weighted by atomic mass is 10.1. The van der Waals surface area contributed by atoms with E-state index in [4.69, 9.17) is 4.42 Å². The van der Waals surface area contributed by atoms with Crippen LogP contribution in [0.5, 0.6) is 0 Å². The van der Waals surface area contributed by atoms with Gasteiger partial charge >= 0.3 is 0 Å². The molecule has 0 radical (unpaired) electrons. The lowest BCUT2D eigenvalue weighted by molar-refractivity contribution is 0.562. The molecule has 3 rings (SSSR count). The standard InChI is InChI=1S/C14H13N3O3/c1-8(9-5-6-20-7-9)15-11-4-2-3-10-12(11)14(19)17-16-13(10)18/h2-8,15H,1H3,(H,16,18)(H,17,19). The van der Waals surface area contributed by atoms with E-state index in [1.807, 2.05) is 13.0 Å². The quantitative estimate of drug-likeness (QED) is 0.679. The van der Waals surface area contributed by atoms with Gasteiger partial charge in [-0.05, 0) is 25.1 Å². The molecule has 102 valence electrons. The number of hydrogen-bond acceptors (Lipinski definition) is 4. The van der Waals surface area contributed by atoms with E-state index < -0.39 is 0 Å². The van der Waals surface area contributed by atoms with Crippen molar-refractivity contribution in [3.63, 3.8) is 0 Å². The molecule has 0 amide bonds. The van der Waals surface area contributed by atoms with Crippen molar-refractivity contribution in [1.29, 1.82) is 0 Å². The third-order valence-corrected chi connectivity index (χ3v) is 3.24. The van der Waals surface area contributed by atoms with Gasteiger partial charge in [0.05, 0.1) is 29.3 Å². The molecule has 0 saturated carbocycles. The molecule has 1 unspecified atom stereocenters. The molecule has 0 spiro atoms. The van der Waals surface area contributed by atoms with Gasteiger partial charge in [0.25, 0.3) is 11.1 Å². The minimum absolute atomic E-state index is 0.0435. The third-order valence-electron chi connectivity index (χ3n) is 3.24. The molecule has 0 aliphatic rings. The fourth-order valence-corrected chi connectivity index (χ4v) is 2.19. The van der Waals surface area contributed by atoms with Crippen LogP contribution in [0.15, 0.2) is 50.8 Å². The molecule has 0 saturated heterocycles. The van der Waals surface area contributed by atoms with Gasteiger partial charge in [-0.3, -0.25) is 19.8 Å². The average molecular weight is 271 g/mol. The number of fused-ring (bicyclic) bond motifs is 1. The summed E-state index contributed by atoms with van der Waals surface area (Å²) in [7, 11) is 0. The molecular formula is C14H13N3O3. The van der Waals surface area contributed by atoms with E-state index in [0.717, 1.165) is 5.56 Å². The van der Waals surface area contributed by atoms with Crippen LogP contribution in [0.1, 0.15) is 18.5 Å². The zero-order valence-corrected chi connectivity index (χ0v) is 10.8. The van der Waals surface area contributed by atoms with Crippen LogP contribution in [0.3, 0.4) is 0 Å². The molecule has 6 nitrogen and oxygen atoms in total. The summed E-state index contributed by atoms with van der Waals surface area (Å²) in [6.45, 7) is 1.95. The second-order valence-electron chi connectivity index (χ2n) is 4.56. The predicted octanol–water partition coefficient (Wildman–Crippen LogP) is 1.98. The number of nitrogens with one attached hydrogen (secondary N) is 3. The van der Waals surface area contributed by atoms with Gasteiger partial charge in [-0.25, -0.2) is 0 Å². The van der Waals surface area contributed by atoms with Gasteiger partial charge in [-0.15, -0.1) is 0 Å². The first-order valence-electron chi connectivity index (χ1n) is 6.19. The summed E-state index contributed by atoms with van der Waals surface area (Å²) in [6.07, 6.45) is 3.23. The topological polar surface area (TPSA) is 90.9 Å². The molecule has 1 aromatic carbocycles. The maximum absolute atomic E-state index is 11.9. The molecule has 0 fully saturated rings. The lowest BCUT2D eigenvalue weighted by Crippen LogP contribution is -2.20. The van der Waals surface area contributed by atoms with Gasteiger partial charge in [-0.1, -0.05) is 6.07 Å². The van der Waals surface area contributed by atoms with E-state index in [-0.39, 0.29) is 17.2 Å². The molecule has 20 heavy (non-hydrogen) atoms. The number of aromatic amines is 2. The van der Waals surface area contributed by atoms with Crippen molar-refractivity contribution in [3.8, 4) is 0 Å². The van der Waals surface area contributed by atoms with Gasteiger partial charge in [0.15, 0.2) is 0 Å². The molecule has 0 aliphatic carbocycles. The highest BCUT2D eigenvalue weighted by Crippen LogP contribution is 2.23. The van der Waals surface area contributed by atoms with Gasteiger partial charge < -0.3 is 9.73 Å². The monoisotopic (exact) mass is 271 g/mol. The van der Waals surface area contributed by atoms with Crippen molar-refractivity contribution in [2.24, 2.45) is 0 Å². The third kappa shape index (κ3) is 2.01. The lowest BCUT2D eigenvalue weighted by Gasteiger charge is -2.14. The minimum atomic E-state index is -0.331. The number of anilines is 1. The number of H-pyrrole nitrogens is 2. The van der Waals surface area contributed by atoms with Crippen molar-refractivity contribution in [2.45, 2.75) is 13.0 Å². The molecule has 2 aromatic heterocycles. The average Bonchev–Trinajstić information content (AvgIpc) is 2.97. The van der Waals surface area contributed by atoms with Crippen LogP contribution in [0.25, 0.3) is 10.8 Å². The molecule has 2 heterocycles. The Hall–Kier alpha value is -2.76. The molecule has 0 bridgehead atoms. The van der Waals surface area contributed by atoms with Gasteiger partial charge in [0, 0.05) is 11.3 Å². The first-order valence-corrected chi connectivity index (χ1v) is 6.19. The minimum Gasteiger partial charge on any atom is -0.472 e. The molecule has 3 N–H and O–H groups in total. The highest BCUT2D eigenvalue weighted by molar-refractivity contribution is 5.92. The van der Waals surface area contributed by atoms with E-state index in [9.17, 15) is 9.59 Å². The Kier molecular flexibility index (Phi) is 2.90. The summed E-state index contributed by atoms with van der Waals surface area (Å²) in [6, 6.07) is 6.93. The number of rotatable bonds is 3. The van der Waals surface area contributed by atoms with Gasteiger partial charge in [0.2, 0.25) is 0 Å². The summed E-state index contributed by atoms with van der Waals surface area (Å²) in [5.41, 5.74) is 0.924. The highest BCUT2D eigenvalue weighted by Gasteiger charge is 2.12. The molecular weight excluding hydrogens is 258 g/mol. The fraction of sp³-hybridized carbons (Fsp3) is 0.143. The SMILES string of the molecule is CC(Nc1cccc2c(=O)[nH][nH]c(=O)c12)c1ccoc1. The maximum atomic E-state index is 11.9. The summed E-state index contributed by atoms with van der Waals surface area (Å²) >= 11 is 0. The van der Waals surface area contributed by atoms with Crippen LogP contribution in [-0.4, -0.2) is 10.2 Å². The van der Waals surface area contributed by atoms with Crippen molar-refractivity contribution in [2.75, 3.05) is 5.32 Å². The number of benzene rings is 1. The Morgan fingerprint density at radius 2 is 1.95 bits per heavy atom. The summed E-state index contributed by atoms with van der Waals surface area (Å²) in [5, 5.41) is 8.59. The fourth-order valence-electron chi connectivity index (χ4n) is 2.19. The largest absolute Gasteiger partial charge is 0.472 e. The van der Waals surface area contributed by atoms with Crippen LogP contribution in [-0.2, 0) is 0 Å². The highest BCUT2D eigenvalue weighted by atomic mass is 16.3. The Bertz CT molecular complexity index is 846. The van der Waals surface area contributed by atoms with E-state index in [2.05, 4.69) is 15.5 Å².